The van der Waals surface area contributed by atoms with Crippen LogP contribution >= 0.6 is 15.9 Å². The van der Waals surface area contributed by atoms with Gasteiger partial charge in [0.05, 0.1) is 0 Å². The fraction of sp³-hybridized carbons (Fsp3) is 0.438. The van der Waals surface area contributed by atoms with Gasteiger partial charge in [-0.2, -0.15) is 0 Å². The maximum atomic E-state index is 4.20. The summed E-state index contributed by atoms with van der Waals surface area (Å²) in [6.07, 6.45) is 6.44. The molecule has 3 heterocycles. The van der Waals surface area contributed by atoms with Crippen molar-refractivity contribution in [1.82, 2.24) is 14.5 Å². The van der Waals surface area contributed by atoms with Gasteiger partial charge in [-0.3, -0.25) is 4.90 Å². The van der Waals surface area contributed by atoms with Crippen LogP contribution in [0.25, 0.3) is 5.69 Å². The minimum Gasteiger partial charge on any atom is -0.370 e. The summed E-state index contributed by atoms with van der Waals surface area (Å²) >= 11 is 3.39. The van der Waals surface area contributed by atoms with E-state index in [1.165, 1.54) is 38.2 Å². The third-order valence-electron chi connectivity index (χ3n) is 5.12. The zero-order valence-electron chi connectivity index (χ0n) is 12.2. The molecule has 2 aliphatic rings. The summed E-state index contributed by atoms with van der Waals surface area (Å²) in [6, 6.07) is 8.78. The van der Waals surface area contributed by atoms with Gasteiger partial charge in [0, 0.05) is 42.7 Å². The van der Waals surface area contributed by atoms with Gasteiger partial charge in [0.1, 0.15) is 10.9 Å². The maximum absolute atomic E-state index is 4.20. The molecule has 0 saturated carbocycles. The molecular weight excluding hydrogens is 328 g/mol. The Kier molecular flexibility index (Phi) is 3.08. The van der Waals surface area contributed by atoms with E-state index in [4.69, 9.17) is 0 Å². The molecule has 0 N–H and O–H groups in total. The van der Waals surface area contributed by atoms with E-state index in [1.807, 2.05) is 17.1 Å². The lowest BCUT2D eigenvalue weighted by Crippen LogP contribution is -2.59. The number of halogens is 1. The minimum atomic E-state index is 0.452. The highest BCUT2D eigenvalue weighted by Crippen LogP contribution is 2.39. The molecule has 1 aromatic heterocycles. The van der Waals surface area contributed by atoms with Gasteiger partial charge in [0.25, 0.3) is 0 Å². The van der Waals surface area contributed by atoms with E-state index in [-0.39, 0.29) is 0 Å². The van der Waals surface area contributed by atoms with Gasteiger partial charge in [-0.1, -0.05) is 0 Å². The fourth-order valence-electron chi connectivity index (χ4n) is 3.52. The first-order valence-electron chi connectivity index (χ1n) is 7.42. The van der Waals surface area contributed by atoms with E-state index < -0.39 is 0 Å². The highest BCUT2D eigenvalue weighted by Gasteiger charge is 2.47. The smallest absolute Gasteiger partial charge is 0.124 e. The van der Waals surface area contributed by atoms with Gasteiger partial charge < -0.3 is 9.47 Å². The Morgan fingerprint density at radius 2 is 1.81 bits per heavy atom. The molecule has 4 rings (SSSR count). The molecule has 1 unspecified atom stereocenters. The predicted molar refractivity (Wildman–Crippen MR) is 88.1 cm³/mol. The highest BCUT2D eigenvalue weighted by atomic mass is 79.9. The van der Waals surface area contributed by atoms with E-state index in [9.17, 15) is 0 Å². The van der Waals surface area contributed by atoms with Crippen molar-refractivity contribution < 1.29 is 0 Å². The molecular formula is C16H19BrN4. The van der Waals surface area contributed by atoms with Crippen molar-refractivity contribution in [2.24, 2.45) is 0 Å². The zero-order chi connectivity index (χ0) is 14.4. The monoisotopic (exact) mass is 346 g/mol. The van der Waals surface area contributed by atoms with Gasteiger partial charge in [-0.05, 0) is 60.1 Å². The standard InChI is InChI=1S/C16H19BrN4/c1-19-8-6-16(19)7-9-20(11-16)13-2-4-14(5-3-13)21-10-15(17)18-12-21/h2-5,10,12H,6-9,11H2,1H3. The Hall–Kier alpha value is -1.33. The number of likely N-dealkylation sites (tertiary alicyclic amines) is 1. The number of anilines is 1. The van der Waals surface area contributed by atoms with Gasteiger partial charge in [0.2, 0.25) is 0 Å². The van der Waals surface area contributed by atoms with Gasteiger partial charge in [-0.25, -0.2) is 4.98 Å². The van der Waals surface area contributed by atoms with Crippen LogP contribution in [0.1, 0.15) is 12.8 Å². The van der Waals surface area contributed by atoms with E-state index in [1.54, 1.807) is 0 Å². The second-order valence-corrected chi connectivity index (χ2v) is 7.00. The molecule has 1 atom stereocenters. The Morgan fingerprint density at radius 1 is 1.10 bits per heavy atom. The van der Waals surface area contributed by atoms with E-state index in [0.717, 1.165) is 10.3 Å². The largest absolute Gasteiger partial charge is 0.370 e. The summed E-state index contributed by atoms with van der Waals surface area (Å²) in [7, 11) is 2.26. The van der Waals surface area contributed by atoms with Crippen molar-refractivity contribution >= 4 is 21.6 Å². The summed E-state index contributed by atoms with van der Waals surface area (Å²) in [5.74, 6) is 0. The Morgan fingerprint density at radius 3 is 2.33 bits per heavy atom. The molecule has 2 fully saturated rings. The van der Waals surface area contributed by atoms with Crippen molar-refractivity contribution in [3.63, 3.8) is 0 Å². The van der Waals surface area contributed by atoms with Crippen LogP contribution < -0.4 is 4.90 Å². The van der Waals surface area contributed by atoms with Crippen molar-refractivity contribution in [1.29, 1.82) is 0 Å². The van der Waals surface area contributed by atoms with Gasteiger partial charge in [0.15, 0.2) is 0 Å². The first-order valence-corrected chi connectivity index (χ1v) is 8.22. The molecule has 2 aromatic rings. The van der Waals surface area contributed by atoms with Crippen LogP contribution in [0.5, 0.6) is 0 Å². The quantitative estimate of drug-likeness (QED) is 0.835. The van der Waals surface area contributed by atoms with Crippen LogP contribution in [-0.4, -0.2) is 46.7 Å². The van der Waals surface area contributed by atoms with Crippen molar-refractivity contribution in [3.05, 3.63) is 41.4 Å². The third-order valence-corrected chi connectivity index (χ3v) is 5.53. The number of aromatic nitrogens is 2. The number of benzene rings is 1. The van der Waals surface area contributed by atoms with Crippen LogP contribution in [0.2, 0.25) is 0 Å². The summed E-state index contributed by atoms with van der Waals surface area (Å²) in [5.41, 5.74) is 2.93. The molecule has 0 amide bonds. The normalized spacial score (nSPS) is 25.5. The van der Waals surface area contributed by atoms with Crippen LogP contribution in [0.15, 0.2) is 41.4 Å². The van der Waals surface area contributed by atoms with Crippen LogP contribution in [0.3, 0.4) is 0 Å². The number of imidazole rings is 1. The van der Waals surface area contributed by atoms with Crippen molar-refractivity contribution in [3.8, 4) is 5.69 Å². The lowest BCUT2D eigenvalue weighted by atomic mass is 9.85. The van der Waals surface area contributed by atoms with E-state index in [0.29, 0.717) is 5.54 Å². The van der Waals surface area contributed by atoms with Gasteiger partial charge in [-0.15, -0.1) is 0 Å². The van der Waals surface area contributed by atoms with Crippen molar-refractivity contribution in [2.75, 3.05) is 31.6 Å². The minimum absolute atomic E-state index is 0.452. The van der Waals surface area contributed by atoms with E-state index in [2.05, 4.69) is 62.0 Å². The number of hydrogen-bond acceptors (Lipinski definition) is 3. The molecule has 110 valence electrons. The molecule has 0 radical (unpaired) electrons. The summed E-state index contributed by atoms with van der Waals surface area (Å²) in [6.45, 7) is 3.59. The molecule has 5 heteroatoms. The fourth-order valence-corrected chi connectivity index (χ4v) is 3.83. The average molecular weight is 347 g/mol. The second kappa shape index (κ2) is 4.85. The SMILES string of the molecule is CN1CCC12CCN(c1ccc(-n3cnc(Br)c3)cc1)C2. The molecule has 1 aromatic carbocycles. The second-order valence-electron chi connectivity index (χ2n) is 6.19. The number of nitrogens with zero attached hydrogens (tertiary/aromatic N) is 4. The van der Waals surface area contributed by atoms with Gasteiger partial charge >= 0.3 is 0 Å². The number of rotatable bonds is 2. The first-order chi connectivity index (χ1) is 10.2. The number of hydrogen-bond donors (Lipinski definition) is 0. The Labute approximate surface area is 133 Å². The molecule has 2 saturated heterocycles. The lowest BCUT2D eigenvalue weighted by Gasteiger charge is -2.48. The molecule has 2 aliphatic heterocycles. The summed E-state index contributed by atoms with van der Waals surface area (Å²) < 4.78 is 2.89. The van der Waals surface area contributed by atoms with E-state index >= 15 is 0 Å². The average Bonchev–Trinajstić information content (AvgIpc) is 3.14. The molecule has 0 aliphatic carbocycles. The Bertz CT molecular complexity index is 651. The summed E-state index contributed by atoms with van der Waals surface area (Å²) in [4.78, 5) is 9.24. The first kappa shape index (κ1) is 13.3. The van der Waals surface area contributed by atoms with Crippen LogP contribution in [0.4, 0.5) is 5.69 Å². The lowest BCUT2D eigenvalue weighted by molar-refractivity contribution is 0.0307. The predicted octanol–water partition coefficient (Wildman–Crippen LogP) is 2.92. The summed E-state index contributed by atoms with van der Waals surface area (Å²) in [5, 5.41) is 0. The maximum Gasteiger partial charge on any atom is 0.124 e. The third kappa shape index (κ3) is 2.19. The Balaban J connectivity index is 1.52. The molecule has 1 spiro atoms. The molecule has 21 heavy (non-hydrogen) atoms. The molecule has 0 bridgehead atoms. The van der Waals surface area contributed by atoms with Crippen LogP contribution in [0, 0.1) is 0 Å². The highest BCUT2D eigenvalue weighted by molar-refractivity contribution is 9.10. The zero-order valence-corrected chi connectivity index (χ0v) is 13.8. The van der Waals surface area contributed by atoms with Crippen LogP contribution in [-0.2, 0) is 0 Å². The van der Waals surface area contributed by atoms with Crippen molar-refractivity contribution in [2.45, 2.75) is 18.4 Å². The number of likely N-dealkylation sites (N-methyl/N-ethyl adjacent to an activating group) is 1. The topological polar surface area (TPSA) is 24.3 Å². The molecule has 4 nitrogen and oxygen atoms in total.